The highest BCUT2D eigenvalue weighted by Gasteiger charge is 2.41. The molecule has 21 heavy (non-hydrogen) atoms. The van der Waals surface area contributed by atoms with Crippen LogP contribution in [0.4, 0.5) is 0 Å². The van der Waals surface area contributed by atoms with Gasteiger partial charge in [0, 0.05) is 16.5 Å². The summed E-state index contributed by atoms with van der Waals surface area (Å²) >= 11 is 6.30. The first-order valence-electron chi connectivity index (χ1n) is 7.71. The van der Waals surface area contributed by atoms with E-state index in [1.807, 2.05) is 13.0 Å². The van der Waals surface area contributed by atoms with Crippen molar-refractivity contribution in [2.24, 2.45) is 5.73 Å². The van der Waals surface area contributed by atoms with Gasteiger partial charge >= 0.3 is 0 Å². The predicted molar refractivity (Wildman–Crippen MR) is 89.7 cm³/mol. The molecule has 0 spiro atoms. The number of nitrogens with two attached hydrogens (primary N) is 1. The van der Waals surface area contributed by atoms with Gasteiger partial charge in [-0.2, -0.15) is 0 Å². The van der Waals surface area contributed by atoms with Crippen LogP contribution in [0.2, 0.25) is 5.02 Å². The lowest BCUT2D eigenvalue weighted by molar-refractivity contribution is 0.356. The Balaban J connectivity index is 2.03. The van der Waals surface area contributed by atoms with E-state index in [4.69, 9.17) is 17.3 Å². The summed E-state index contributed by atoms with van der Waals surface area (Å²) in [5.41, 5.74) is 10.4. The van der Waals surface area contributed by atoms with Crippen LogP contribution >= 0.6 is 11.6 Å². The molecule has 0 saturated heterocycles. The van der Waals surface area contributed by atoms with Crippen LogP contribution in [0.25, 0.3) is 0 Å². The van der Waals surface area contributed by atoms with Crippen LogP contribution in [-0.2, 0) is 5.41 Å². The van der Waals surface area contributed by atoms with Gasteiger partial charge in [0.2, 0.25) is 0 Å². The normalized spacial score (nSPS) is 18.6. The summed E-state index contributed by atoms with van der Waals surface area (Å²) in [6.45, 7) is 2.03. The van der Waals surface area contributed by atoms with E-state index in [9.17, 15) is 0 Å². The molecule has 0 amide bonds. The van der Waals surface area contributed by atoms with Crippen LogP contribution in [0.5, 0.6) is 0 Å². The van der Waals surface area contributed by atoms with Crippen LogP contribution < -0.4 is 5.73 Å². The number of benzene rings is 2. The van der Waals surface area contributed by atoms with Crippen LogP contribution in [0.15, 0.2) is 48.5 Å². The molecule has 0 bridgehead atoms. The van der Waals surface area contributed by atoms with Crippen LogP contribution in [0, 0.1) is 6.92 Å². The zero-order chi connectivity index (χ0) is 14.9. The van der Waals surface area contributed by atoms with Gasteiger partial charge in [-0.15, -0.1) is 0 Å². The monoisotopic (exact) mass is 299 g/mol. The Morgan fingerprint density at radius 3 is 2.33 bits per heavy atom. The average Bonchev–Trinajstić information content (AvgIpc) is 3.01. The molecule has 1 nitrogen and oxygen atoms in total. The number of halogens is 1. The second-order valence-corrected chi connectivity index (χ2v) is 6.62. The van der Waals surface area contributed by atoms with Gasteiger partial charge in [-0.05, 0) is 42.5 Å². The minimum atomic E-state index is 0.000463. The van der Waals surface area contributed by atoms with Crippen molar-refractivity contribution in [1.29, 1.82) is 0 Å². The fourth-order valence-electron chi connectivity index (χ4n) is 3.68. The Morgan fingerprint density at radius 1 is 1.05 bits per heavy atom. The van der Waals surface area contributed by atoms with Gasteiger partial charge < -0.3 is 5.73 Å². The second-order valence-electron chi connectivity index (χ2n) is 6.22. The molecular formula is C19H22ClN. The Hall–Kier alpha value is -1.31. The van der Waals surface area contributed by atoms with Gasteiger partial charge in [0.1, 0.15) is 0 Å². The van der Waals surface area contributed by atoms with Gasteiger partial charge in [0.15, 0.2) is 0 Å². The zero-order valence-corrected chi connectivity index (χ0v) is 13.2. The Morgan fingerprint density at radius 2 is 1.71 bits per heavy atom. The predicted octanol–water partition coefficient (Wildman–Crippen LogP) is 5.16. The molecule has 0 radical (unpaired) electrons. The van der Waals surface area contributed by atoms with Crippen molar-refractivity contribution in [3.8, 4) is 0 Å². The standard InChI is InChI=1S/C19H22ClN/c1-14-9-10-15(13-17(14)20)18(21)19(11-5-6-12-19)16-7-3-2-4-8-16/h2-4,7-10,13,18H,5-6,11-12,21H2,1H3. The van der Waals surface area contributed by atoms with E-state index in [0.29, 0.717) is 0 Å². The molecule has 1 unspecified atom stereocenters. The minimum Gasteiger partial charge on any atom is -0.323 e. The molecule has 2 N–H and O–H groups in total. The molecule has 1 fully saturated rings. The zero-order valence-electron chi connectivity index (χ0n) is 12.5. The van der Waals surface area contributed by atoms with Crippen molar-refractivity contribution in [3.63, 3.8) is 0 Å². The molecule has 1 aliphatic carbocycles. The van der Waals surface area contributed by atoms with E-state index in [2.05, 4.69) is 42.5 Å². The highest BCUT2D eigenvalue weighted by atomic mass is 35.5. The summed E-state index contributed by atoms with van der Waals surface area (Å²) in [5, 5.41) is 0.809. The maximum Gasteiger partial charge on any atom is 0.0438 e. The van der Waals surface area contributed by atoms with Gasteiger partial charge in [-0.25, -0.2) is 0 Å². The Kier molecular flexibility index (Phi) is 4.05. The van der Waals surface area contributed by atoms with Crippen LogP contribution in [0.1, 0.15) is 48.4 Å². The molecule has 2 aromatic carbocycles. The molecule has 110 valence electrons. The summed E-state index contributed by atoms with van der Waals surface area (Å²) in [4.78, 5) is 0. The number of rotatable bonds is 3. The summed E-state index contributed by atoms with van der Waals surface area (Å²) in [7, 11) is 0. The van der Waals surface area contributed by atoms with Gasteiger partial charge in [-0.1, -0.05) is 66.9 Å². The SMILES string of the molecule is Cc1ccc(C(N)C2(c3ccccc3)CCCC2)cc1Cl. The van der Waals surface area contributed by atoms with Crippen molar-refractivity contribution < 1.29 is 0 Å². The third-order valence-corrected chi connectivity index (χ3v) is 5.40. The summed E-state index contributed by atoms with van der Waals surface area (Å²) in [5.74, 6) is 0. The van der Waals surface area contributed by atoms with E-state index in [0.717, 1.165) is 29.0 Å². The third-order valence-electron chi connectivity index (χ3n) is 4.99. The number of hydrogen-bond acceptors (Lipinski definition) is 1. The highest BCUT2D eigenvalue weighted by molar-refractivity contribution is 6.31. The smallest absolute Gasteiger partial charge is 0.0438 e. The fraction of sp³-hybridized carbons (Fsp3) is 0.368. The number of aryl methyl sites for hydroxylation is 1. The second kappa shape index (κ2) is 5.82. The topological polar surface area (TPSA) is 26.0 Å². The van der Waals surface area contributed by atoms with Gasteiger partial charge in [0.05, 0.1) is 0 Å². The number of hydrogen-bond donors (Lipinski definition) is 1. The quantitative estimate of drug-likeness (QED) is 0.832. The van der Waals surface area contributed by atoms with Gasteiger partial charge in [-0.3, -0.25) is 0 Å². The van der Waals surface area contributed by atoms with Crippen molar-refractivity contribution >= 4 is 11.6 Å². The average molecular weight is 300 g/mol. The van der Waals surface area contributed by atoms with Crippen LogP contribution in [-0.4, -0.2) is 0 Å². The van der Waals surface area contributed by atoms with Crippen LogP contribution in [0.3, 0.4) is 0 Å². The molecule has 2 aromatic rings. The first-order valence-corrected chi connectivity index (χ1v) is 8.08. The summed E-state index contributed by atoms with van der Waals surface area (Å²) in [6, 6.07) is 17.0. The first-order chi connectivity index (χ1) is 10.1. The van der Waals surface area contributed by atoms with Gasteiger partial charge in [0.25, 0.3) is 0 Å². The lowest BCUT2D eigenvalue weighted by atomic mass is 9.71. The molecule has 3 rings (SSSR count). The van der Waals surface area contributed by atoms with Crippen molar-refractivity contribution in [3.05, 3.63) is 70.2 Å². The first kappa shape index (κ1) is 14.6. The lowest BCUT2D eigenvalue weighted by Crippen LogP contribution is -2.36. The molecule has 1 saturated carbocycles. The molecule has 0 aromatic heterocycles. The molecular weight excluding hydrogens is 278 g/mol. The maximum atomic E-state index is 6.73. The molecule has 0 heterocycles. The minimum absolute atomic E-state index is 0.000463. The van der Waals surface area contributed by atoms with E-state index in [-0.39, 0.29) is 11.5 Å². The Bertz CT molecular complexity index is 615. The lowest BCUT2D eigenvalue weighted by Gasteiger charge is -2.36. The molecule has 0 aliphatic heterocycles. The molecule has 2 heteroatoms. The maximum absolute atomic E-state index is 6.73. The highest BCUT2D eigenvalue weighted by Crippen LogP contribution is 2.48. The largest absolute Gasteiger partial charge is 0.323 e. The third kappa shape index (κ3) is 2.61. The van der Waals surface area contributed by atoms with E-state index >= 15 is 0 Å². The summed E-state index contributed by atoms with van der Waals surface area (Å²) < 4.78 is 0. The Labute approximate surface area is 132 Å². The van der Waals surface area contributed by atoms with Crippen molar-refractivity contribution in [2.45, 2.75) is 44.1 Å². The van der Waals surface area contributed by atoms with Crippen molar-refractivity contribution in [1.82, 2.24) is 0 Å². The fourth-order valence-corrected chi connectivity index (χ4v) is 3.87. The van der Waals surface area contributed by atoms with E-state index < -0.39 is 0 Å². The summed E-state index contributed by atoms with van der Waals surface area (Å²) in [6.07, 6.45) is 4.82. The molecule has 1 atom stereocenters. The van der Waals surface area contributed by atoms with Crippen molar-refractivity contribution in [2.75, 3.05) is 0 Å². The van der Waals surface area contributed by atoms with E-state index in [1.54, 1.807) is 0 Å². The molecule has 1 aliphatic rings. The van der Waals surface area contributed by atoms with E-state index in [1.165, 1.54) is 18.4 Å².